The van der Waals surface area contributed by atoms with Gasteiger partial charge >= 0.3 is 0 Å². The van der Waals surface area contributed by atoms with Crippen LogP contribution >= 0.6 is 23.2 Å². The summed E-state index contributed by atoms with van der Waals surface area (Å²) in [6.07, 6.45) is 0.656. The number of fused-ring (bicyclic) bond motifs is 2. The van der Waals surface area contributed by atoms with Gasteiger partial charge in [-0.2, -0.15) is 0 Å². The van der Waals surface area contributed by atoms with Crippen molar-refractivity contribution in [3.8, 4) is 5.75 Å². The molecule has 4 heteroatoms. The van der Waals surface area contributed by atoms with Crippen molar-refractivity contribution in [1.82, 2.24) is 0 Å². The van der Waals surface area contributed by atoms with Gasteiger partial charge < -0.3 is 4.74 Å². The van der Waals surface area contributed by atoms with Crippen LogP contribution in [0.3, 0.4) is 0 Å². The van der Waals surface area contributed by atoms with Crippen molar-refractivity contribution in [2.24, 2.45) is 0 Å². The van der Waals surface area contributed by atoms with Gasteiger partial charge in [0, 0.05) is 27.1 Å². The number of hydrogen-bond donors (Lipinski definition) is 0. The summed E-state index contributed by atoms with van der Waals surface area (Å²) in [5, 5.41) is 1.17. The molecule has 158 valence electrons. The van der Waals surface area contributed by atoms with E-state index in [4.69, 9.17) is 27.9 Å². The number of ether oxygens (including phenoxy) is 1. The molecule has 4 aromatic rings. The third-order valence-electron chi connectivity index (χ3n) is 5.88. The van der Waals surface area contributed by atoms with Crippen LogP contribution in [0.4, 0.5) is 0 Å². The van der Waals surface area contributed by atoms with E-state index in [1.807, 2.05) is 84.9 Å². The molecule has 2 nitrogen and oxygen atoms in total. The third kappa shape index (κ3) is 3.92. The lowest BCUT2D eigenvalue weighted by atomic mass is 9.75. The van der Waals surface area contributed by atoms with Gasteiger partial charge in [0.2, 0.25) is 0 Å². The van der Waals surface area contributed by atoms with Crippen LogP contribution in [-0.2, 0) is 13.0 Å². The van der Waals surface area contributed by atoms with Crippen LogP contribution < -0.4 is 4.74 Å². The average molecular weight is 459 g/mol. The fourth-order valence-corrected chi connectivity index (χ4v) is 5.02. The quantitative estimate of drug-likeness (QED) is 0.309. The maximum Gasteiger partial charge on any atom is 0.193 e. The Balaban J connectivity index is 1.50. The highest BCUT2D eigenvalue weighted by molar-refractivity contribution is 6.34. The predicted octanol–water partition coefficient (Wildman–Crippen LogP) is 7.49. The molecular formula is C28H20Cl2O2. The van der Waals surface area contributed by atoms with E-state index < -0.39 is 0 Å². The van der Waals surface area contributed by atoms with Gasteiger partial charge in [-0.05, 0) is 52.9 Å². The molecule has 0 saturated carbocycles. The van der Waals surface area contributed by atoms with Crippen LogP contribution in [0.15, 0.2) is 91.0 Å². The number of ketones is 1. The van der Waals surface area contributed by atoms with Gasteiger partial charge in [-0.15, -0.1) is 0 Å². The van der Waals surface area contributed by atoms with Gasteiger partial charge in [0.1, 0.15) is 12.4 Å². The second-order valence-corrected chi connectivity index (χ2v) is 8.72. The Morgan fingerprint density at radius 2 is 1.28 bits per heavy atom. The van der Waals surface area contributed by atoms with Crippen LogP contribution in [0.2, 0.25) is 10.0 Å². The lowest BCUT2D eigenvalue weighted by Crippen LogP contribution is -2.22. The molecule has 0 bridgehead atoms. The van der Waals surface area contributed by atoms with Gasteiger partial charge in [0.15, 0.2) is 5.78 Å². The van der Waals surface area contributed by atoms with Gasteiger partial charge in [-0.3, -0.25) is 4.79 Å². The Kier molecular flexibility index (Phi) is 5.73. The zero-order valence-corrected chi connectivity index (χ0v) is 18.7. The van der Waals surface area contributed by atoms with E-state index in [1.165, 1.54) is 0 Å². The topological polar surface area (TPSA) is 26.3 Å². The zero-order valence-electron chi connectivity index (χ0n) is 17.2. The van der Waals surface area contributed by atoms with Crippen molar-refractivity contribution < 1.29 is 9.53 Å². The minimum atomic E-state index is -0.121. The summed E-state index contributed by atoms with van der Waals surface area (Å²) in [6.45, 7) is 0.506. The van der Waals surface area contributed by atoms with Crippen LogP contribution in [0.1, 0.15) is 44.1 Å². The highest BCUT2D eigenvalue weighted by atomic mass is 35.5. The molecule has 0 saturated heterocycles. The molecule has 1 aliphatic carbocycles. The van der Waals surface area contributed by atoms with Gasteiger partial charge in [-0.25, -0.2) is 0 Å². The molecule has 5 rings (SSSR count). The van der Waals surface area contributed by atoms with Crippen molar-refractivity contribution in [2.75, 3.05) is 0 Å². The second kappa shape index (κ2) is 8.82. The number of halogens is 2. The fraction of sp³-hybridized carbons (Fsp3) is 0.107. The number of carbonyl (C=O) groups excluding carboxylic acids is 1. The van der Waals surface area contributed by atoms with Gasteiger partial charge in [0.05, 0.1) is 0 Å². The van der Waals surface area contributed by atoms with Gasteiger partial charge in [0.25, 0.3) is 0 Å². The molecule has 0 unspecified atom stereocenters. The molecular weight excluding hydrogens is 439 g/mol. The van der Waals surface area contributed by atoms with E-state index in [2.05, 4.69) is 6.07 Å². The maximum atomic E-state index is 13.1. The van der Waals surface area contributed by atoms with E-state index >= 15 is 0 Å². The Hall–Kier alpha value is -3.07. The molecule has 0 N–H and O–H groups in total. The number of carbonyl (C=O) groups is 1. The van der Waals surface area contributed by atoms with Crippen LogP contribution in [-0.4, -0.2) is 5.78 Å². The monoisotopic (exact) mass is 458 g/mol. The molecule has 0 amide bonds. The van der Waals surface area contributed by atoms with Crippen molar-refractivity contribution in [1.29, 1.82) is 0 Å². The standard InChI is InChI=1S/C28H20Cl2O2/c29-24-13-5-11-21-26(24)23(27-22(28(21)31)12-6-14-25(27)30)16-19-9-4-10-20(15-19)32-17-18-7-2-1-3-8-18/h1-15,23H,16-17H2. The molecule has 0 heterocycles. The first-order valence-electron chi connectivity index (χ1n) is 10.5. The molecule has 32 heavy (non-hydrogen) atoms. The first-order chi connectivity index (χ1) is 15.6. The largest absolute Gasteiger partial charge is 0.489 e. The van der Waals surface area contributed by atoms with Crippen molar-refractivity contribution >= 4 is 29.0 Å². The molecule has 0 spiro atoms. The van der Waals surface area contributed by atoms with Crippen molar-refractivity contribution in [2.45, 2.75) is 18.9 Å². The molecule has 0 aliphatic heterocycles. The third-order valence-corrected chi connectivity index (χ3v) is 6.54. The SMILES string of the molecule is O=C1c2cccc(Cl)c2C(Cc2cccc(OCc3ccccc3)c2)c2c(Cl)cccc21. The van der Waals surface area contributed by atoms with Crippen molar-refractivity contribution in [3.63, 3.8) is 0 Å². The normalized spacial score (nSPS) is 12.9. The van der Waals surface area contributed by atoms with E-state index in [0.29, 0.717) is 34.2 Å². The van der Waals surface area contributed by atoms with Gasteiger partial charge in [-0.1, -0.05) is 89.9 Å². The van der Waals surface area contributed by atoms with Crippen LogP contribution in [0.5, 0.6) is 5.75 Å². The summed E-state index contributed by atoms with van der Waals surface area (Å²) in [5.41, 5.74) is 5.19. The molecule has 0 aromatic heterocycles. The minimum Gasteiger partial charge on any atom is -0.489 e. The lowest BCUT2D eigenvalue weighted by Gasteiger charge is -2.29. The summed E-state index contributed by atoms with van der Waals surface area (Å²) in [5.74, 6) is 0.651. The zero-order chi connectivity index (χ0) is 22.1. The summed E-state index contributed by atoms with van der Waals surface area (Å²) in [4.78, 5) is 13.1. The summed E-state index contributed by atoms with van der Waals surface area (Å²) in [7, 11) is 0. The fourth-order valence-electron chi connectivity index (χ4n) is 4.41. The Morgan fingerprint density at radius 3 is 1.94 bits per heavy atom. The van der Waals surface area contributed by atoms with Crippen LogP contribution in [0.25, 0.3) is 0 Å². The van der Waals surface area contributed by atoms with Crippen LogP contribution in [0, 0.1) is 0 Å². The smallest absolute Gasteiger partial charge is 0.193 e. The van der Waals surface area contributed by atoms with E-state index in [9.17, 15) is 4.79 Å². The first kappa shape index (κ1) is 20.8. The highest BCUT2D eigenvalue weighted by Crippen LogP contribution is 2.44. The maximum absolute atomic E-state index is 13.1. The molecule has 0 atom stereocenters. The molecule has 4 aromatic carbocycles. The predicted molar refractivity (Wildman–Crippen MR) is 129 cm³/mol. The average Bonchev–Trinajstić information content (AvgIpc) is 2.81. The second-order valence-electron chi connectivity index (χ2n) is 7.91. The van der Waals surface area contributed by atoms with E-state index in [0.717, 1.165) is 28.0 Å². The Labute approximate surface area is 197 Å². The summed E-state index contributed by atoms with van der Waals surface area (Å²) in [6, 6.07) is 29.2. The highest BCUT2D eigenvalue weighted by Gasteiger charge is 2.34. The van der Waals surface area contributed by atoms with E-state index in [1.54, 1.807) is 0 Å². The number of hydrogen-bond acceptors (Lipinski definition) is 2. The molecule has 0 radical (unpaired) electrons. The first-order valence-corrected chi connectivity index (χ1v) is 11.2. The molecule has 0 fully saturated rings. The lowest BCUT2D eigenvalue weighted by molar-refractivity contribution is 0.103. The van der Waals surface area contributed by atoms with E-state index in [-0.39, 0.29) is 11.7 Å². The number of rotatable bonds is 5. The Morgan fingerprint density at radius 1 is 0.688 bits per heavy atom. The Bertz CT molecular complexity index is 1240. The number of benzene rings is 4. The minimum absolute atomic E-state index is 0.0313. The summed E-state index contributed by atoms with van der Waals surface area (Å²) < 4.78 is 6.02. The summed E-state index contributed by atoms with van der Waals surface area (Å²) >= 11 is 13.2. The van der Waals surface area contributed by atoms with Crippen molar-refractivity contribution in [3.05, 3.63) is 134 Å². The molecule has 1 aliphatic rings.